The molecule has 0 aromatic heterocycles. The van der Waals surface area contributed by atoms with Gasteiger partial charge >= 0.3 is 12.1 Å². The predicted molar refractivity (Wildman–Crippen MR) is 75.6 cm³/mol. The Labute approximate surface area is 135 Å². The number of hydrogen-bond donors (Lipinski definition) is 1. The van der Waals surface area contributed by atoms with Gasteiger partial charge in [0.25, 0.3) is 0 Å². The molecule has 1 N–H and O–H groups in total. The van der Waals surface area contributed by atoms with E-state index in [1.807, 2.05) is 0 Å². The minimum Gasteiger partial charge on any atom is -0.481 e. The lowest BCUT2D eigenvalue weighted by molar-refractivity contribution is -0.187. The van der Waals surface area contributed by atoms with Crippen molar-refractivity contribution < 1.29 is 31.5 Å². The van der Waals surface area contributed by atoms with Crippen LogP contribution >= 0.6 is 11.6 Å². The lowest BCUT2D eigenvalue weighted by Gasteiger charge is -2.19. The molecule has 0 spiro atoms. The van der Waals surface area contributed by atoms with Crippen molar-refractivity contribution in [3.8, 4) is 0 Å². The van der Waals surface area contributed by atoms with Crippen LogP contribution in [0.15, 0.2) is 23.1 Å². The molecule has 0 unspecified atom stereocenters. The Kier molecular flexibility index (Phi) is 4.67. The first kappa shape index (κ1) is 18.0. The zero-order valence-corrected chi connectivity index (χ0v) is 13.4. The first-order chi connectivity index (χ1) is 10.5. The summed E-state index contributed by atoms with van der Waals surface area (Å²) >= 11 is 5.85. The van der Waals surface area contributed by atoms with Crippen LogP contribution in [0.25, 0.3) is 0 Å². The fourth-order valence-electron chi connectivity index (χ4n) is 2.55. The van der Waals surface area contributed by atoms with Gasteiger partial charge in [-0.3, -0.25) is 4.79 Å². The van der Waals surface area contributed by atoms with Gasteiger partial charge < -0.3 is 5.11 Å². The van der Waals surface area contributed by atoms with Gasteiger partial charge in [0, 0.05) is 18.1 Å². The van der Waals surface area contributed by atoms with Crippen molar-refractivity contribution in [2.75, 3.05) is 13.1 Å². The topological polar surface area (TPSA) is 74.7 Å². The molecule has 0 amide bonds. The van der Waals surface area contributed by atoms with Gasteiger partial charge in [0.2, 0.25) is 10.0 Å². The van der Waals surface area contributed by atoms with Crippen molar-refractivity contribution in [1.82, 2.24) is 4.31 Å². The smallest absolute Gasteiger partial charge is 0.393 e. The lowest BCUT2D eigenvalue weighted by atomic mass is 9.96. The number of benzene rings is 1. The maximum Gasteiger partial charge on any atom is 0.393 e. The van der Waals surface area contributed by atoms with Crippen LogP contribution in [0, 0.1) is 18.8 Å². The quantitative estimate of drug-likeness (QED) is 0.886. The Morgan fingerprint density at radius 1 is 1.35 bits per heavy atom. The summed E-state index contributed by atoms with van der Waals surface area (Å²) in [6.07, 6.45) is -4.79. The second kappa shape index (κ2) is 5.95. The van der Waals surface area contributed by atoms with Crippen LogP contribution in [0.1, 0.15) is 5.56 Å². The number of nitrogens with zero attached hydrogens (tertiary/aromatic N) is 1. The molecule has 1 saturated heterocycles. The summed E-state index contributed by atoms with van der Waals surface area (Å²) in [6, 6.07) is 4.06. The Morgan fingerprint density at radius 3 is 2.43 bits per heavy atom. The molecule has 128 valence electrons. The molecule has 2 atom stereocenters. The van der Waals surface area contributed by atoms with Crippen LogP contribution in [0.4, 0.5) is 13.2 Å². The number of aliphatic carboxylic acids is 1. The molecule has 23 heavy (non-hydrogen) atoms. The zero-order valence-electron chi connectivity index (χ0n) is 11.8. The van der Waals surface area contributed by atoms with Crippen molar-refractivity contribution in [2.45, 2.75) is 18.0 Å². The molecule has 2 rings (SSSR count). The highest BCUT2D eigenvalue weighted by molar-refractivity contribution is 7.89. The van der Waals surface area contributed by atoms with Gasteiger partial charge in [0.05, 0.1) is 16.7 Å². The van der Waals surface area contributed by atoms with Crippen molar-refractivity contribution in [3.63, 3.8) is 0 Å². The van der Waals surface area contributed by atoms with Crippen molar-refractivity contribution in [2.24, 2.45) is 11.8 Å². The van der Waals surface area contributed by atoms with Gasteiger partial charge in [0.1, 0.15) is 0 Å². The molecule has 0 bridgehead atoms. The Morgan fingerprint density at radius 2 is 1.96 bits per heavy atom. The highest BCUT2D eigenvalue weighted by Crippen LogP contribution is 2.40. The van der Waals surface area contributed by atoms with Gasteiger partial charge in [-0.25, -0.2) is 8.42 Å². The van der Waals surface area contributed by atoms with Gasteiger partial charge in [-0.05, 0) is 24.6 Å². The third-order valence-corrected chi connectivity index (χ3v) is 6.25. The molecule has 0 saturated carbocycles. The molecule has 1 heterocycles. The number of carboxylic acids is 1. The number of sulfonamides is 1. The maximum atomic E-state index is 13.0. The molecule has 0 radical (unpaired) electrons. The zero-order chi connectivity index (χ0) is 17.6. The Balaban J connectivity index is 2.42. The van der Waals surface area contributed by atoms with Crippen LogP contribution < -0.4 is 0 Å². The summed E-state index contributed by atoms with van der Waals surface area (Å²) < 4.78 is 64.6. The van der Waals surface area contributed by atoms with Crippen LogP contribution in [-0.2, 0) is 14.8 Å². The fourth-order valence-corrected chi connectivity index (χ4v) is 4.52. The largest absolute Gasteiger partial charge is 0.481 e. The molecule has 1 aromatic carbocycles. The average molecular weight is 372 g/mol. The maximum absolute atomic E-state index is 13.0. The van der Waals surface area contributed by atoms with E-state index in [1.165, 1.54) is 25.1 Å². The average Bonchev–Trinajstić information content (AvgIpc) is 2.87. The van der Waals surface area contributed by atoms with Gasteiger partial charge in [0.15, 0.2) is 0 Å². The summed E-state index contributed by atoms with van der Waals surface area (Å²) in [6.45, 7) is -0.218. The van der Waals surface area contributed by atoms with Crippen molar-refractivity contribution in [1.29, 1.82) is 0 Å². The third kappa shape index (κ3) is 3.31. The first-order valence-corrected chi connectivity index (χ1v) is 8.33. The SMILES string of the molecule is Cc1c(Cl)cccc1S(=O)(=O)N1C[C@@H](C(F)(F)F)[C@H](C(=O)O)C1. The molecular weight excluding hydrogens is 359 g/mol. The monoisotopic (exact) mass is 371 g/mol. The minimum absolute atomic E-state index is 0.160. The first-order valence-electron chi connectivity index (χ1n) is 6.51. The second-order valence-electron chi connectivity index (χ2n) is 5.28. The number of rotatable bonds is 3. The van der Waals surface area contributed by atoms with Crippen LogP contribution in [0.5, 0.6) is 0 Å². The highest BCUT2D eigenvalue weighted by Gasteiger charge is 2.55. The summed E-state index contributed by atoms with van der Waals surface area (Å²) in [5.41, 5.74) is 0.205. The normalized spacial score (nSPS) is 23.2. The van der Waals surface area contributed by atoms with E-state index in [-0.39, 0.29) is 15.5 Å². The number of carbonyl (C=O) groups is 1. The van der Waals surface area contributed by atoms with Gasteiger partial charge in [-0.15, -0.1) is 0 Å². The number of alkyl halides is 3. The van der Waals surface area contributed by atoms with Crippen molar-refractivity contribution >= 4 is 27.6 Å². The molecule has 1 aliphatic heterocycles. The molecule has 0 aliphatic carbocycles. The molecular formula is C13H13ClF3NO4S. The summed E-state index contributed by atoms with van der Waals surface area (Å²) in [5.74, 6) is -5.74. The van der Waals surface area contributed by atoms with E-state index >= 15 is 0 Å². The Bertz CT molecular complexity index is 735. The Hall–Kier alpha value is -1.32. The number of carboxylic acid groups (broad SMARTS) is 1. The second-order valence-corrected chi connectivity index (χ2v) is 7.59. The van der Waals surface area contributed by atoms with E-state index in [0.717, 1.165) is 0 Å². The summed E-state index contributed by atoms with van der Waals surface area (Å²) in [4.78, 5) is 10.8. The predicted octanol–water partition coefficient (Wildman–Crippen LogP) is 2.53. The molecule has 1 aromatic rings. The van der Waals surface area contributed by atoms with E-state index in [1.54, 1.807) is 0 Å². The van der Waals surface area contributed by atoms with Gasteiger partial charge in [-0.1, -0.05) is 17.7 Å². The van der Waals surface area contributed by atoms with Crippen LogP contribution in [0.2, 0.25) is 5.02 Å². The van der Waals surface area contributed by atoms with Crippen LogP contribution in [0.3, 0.4) is 0 Å². The molecule has 1 fully saturated rings. The summed E-state index contributed by atoms with van der Waals surface area (Å²) in [7, 11) is -4.27. The van der Waals surface area contributed by atoms with E-state index in [9.17, 15) is 26.4 Å². The van der Waals surface area contributed by atoms with Crippen LogP contribution in [-0.4, -0.2) is 43.1 Å². The van der Waals surface area contributed by atoms with E-state index in [4.69, 9.17) is 16.7 Å². The van der Waals surface area contributed by atoms with Gasteiger partial charge in [-0.2, -0.15) is 17.5 Å². The number of halogens is 4. The third-order valence-electron chi connectivity index (χ3n) is 3.86. The summed E-state index contributed by atoms with van der Waals surface area (Å²) in [5, 5.41) is 9.12. The minimum atomic E-state index is -4.79. The fraction of sp³-hybridized carbons (Fsp3) is 0.462. The number of hydrogen-bond acceptors (Lipinski definition) is 3. The van der Waals surface area contributed by atoms with E-state index in [0.29, 0.717) is 4.31 Å². The highest BCUT2D eigenvalue weighted by atomic mass is 35.5. The van der Waals surface area contributed by atoms with Crippen molar-refractivity contribution in [3.05, 3.63) is 28.8 Å². The molecule has 1 aliphatic rings. The van der Waals surface area contributed by atoms with E-state index < -0.39 is 47.1 Å². The lowest BCUT2D eigenvalue weighted by Crippen LogP contribution is -2.34. The standard InChI is InChI=1S/C13H13ClF3NO4S/c1-7-10(14)3-2-4-11(7)23(21,22)18-5-8(12(19)20)9(6-18)13(15,16)17/h2-4,8-9H,5-6H2,1H3,(H,19,20)/t8-,9-/m1/s1. The van der Waals surface area contributed by atoms with E-state index in [2.05, 4.69) is 0 Å². The molecule has 10 heteroatoms. The molecule has 5 nitrogen and oxygen atoms in total.